The van der Waals surface area contributed by atoms with Crippen molar-refractivity contribution in [3.63, 3.8) is 0 Å². The lowest BCUT2D eigenvalue weighted by molar-refractivity contribution is 0.502. The van der Waals surface area contributed by atoms with Gasteiger partial charge in [0.15, 0.2) is 11.6 Å². The summed E-state index contributed by atoms with van der Waals surface area (Å²) in [6.07, 6.45) is 0.409. The minimum atomic E-state index is -0.872. The Balaban J connectivity index is 2.28. The summed E-state index contributed by atoms with van der Waals surface area (Å²) in [6.45, 7) is 0. The Kier molecular flexibility index (Phi) is 5.10. The molecule has 1 unspecified atom stereocenters. The maximum absolute atomic E-state index is 13.2. The Bertz CT molecular complexity index is 622. The summed E-state index contributed by atoms with van der Waals surface area (Å²) in [5.74, 6) is 3.82. The normalized spacial score (nSPS) is 12.4. The van der Waals surface area contributed by atoms with Gasteiger partial charge in [-0.1, -0.05) is 33.6 Å². The van der Waals surface area contributed by atoms with Crippen LogP contribution in [-0.2, 0) is 6.42 Å². The fourth-order valence-corrected chi connectivity index (χ4v) is 2.65. The van der Waals surface area contributed by atoms with Crippen LogP contribution in [0, 0.1) is 11.6 Å². The summed E-state index contributed by atoms with van der Waals surface area (Å²) >= 11 is 9.39. The topological polar surface area (TPSA) is 38.0 Å². The van der Waals surface area contributed by atoms with Crippen molar-refractivity contribution in [2.24, 2.45) is 5.84 Å². The van der Waals surface area contributed by atoms with E-state index in [1.807, 2.05) is 6.07 Å². The number of nitrogens with one attached hydrogen (secondary N) is 1. The zero-order valence-corrected chi connectivity index (χ0v) is 12.7. The Morgan fingerprint density at radius 1 is 1.15 bits per heavy atom. The van der Waals surface area contributed by atoms with E-state index in [4.69, 9.17) is 17.4 Å². The molecule has 2 aromatic rings. The highest BCUT2D eigenvalue weighted by Crippen LogP contribution is 2.28. The van der Waals surface area contributed by atoms with E-state index in [0.717, 1.165) is 22.2 Å². The van der Waals surface area contributed by atoms with Crippen molar-refractivity contribution in [2.45, 2.75) is 12.5 Å². The number of halogens is 4. The third-order valence-electron chi connectivity index (χ3n) is 2.96. The monoisotopic (exact) mass is 360 g/mol. The molecular formula is C14H12BrClF2N2. The molecule has 0 spiro atoms. The van der Waals surface area contributed by atoms with Crippen LogP contribution < -0.4 is 11.3 Å². The van der Waals surface area contributed by atoms with Gasteiger partial charge in [0.25, 0.3) is 0 Å². The largest absolute Gasteiger partial charge is 0.271 e. The average Bonchev–Trinajstić information content (AvgIpc) is 2.43. The lowest BCUT2D eigenvalue weighted by Crippen LogP contribution is -2.29. The van der Waals surface area contributed by atoms with Crippen molar-refractivity contribution in [3.05, 3.63) is 68.7 Å². The predicted molar refractivity (Wildman–Crippen MR) is 79.3 cm³/mol. The van der Waals surface area contributed by atoms with Crippen molar-refractivity contribution in [1.29, 1.82) is 0 Å². The van der Waals surface area contributed by atoms with Gasteiger partial charge in [0.05, 0.1) is 6.04 Å². The maximum atomic E-state index is 13.2. The molecule has 0 fully saturated rings. The van der Waals surface area contributed by atoms with Crippen LogP contribution >= 0.6 is 27.5 Å². The van der Waals surface area contributed by atoms with Gasteiger partial charge in [0.2, 0.25) is 0 Å². The van der Waals surface area contributed by atoms with E-state index in [-0.39, 0.29) is 6.04 Å². The summed E-state index contributed by atoms with van der Waals surface area (Å²) in [5, 5.41) is 0.578. The van der Waals surface area contributed by atoms with Crippen LogP contribution in [0.2, 0.25) is 5.02 Å². The molecule has 0 aliphatic carbocycles. The molecule has 20 heavy (non-hydrogen) atoms. The number of rotatable bonds is 4. The Labute approximate surface area is 129 Å². The molecule has 2 aromatic carbocycles. The van der Waals surface area contributed by atoms with Crippen LogP contribution in [0.1, 0.15) is 17.2 Å². The molecular weight excluding hydrogens is 350 g/mol. The van der Waals surface area contributed by atoms with Gasteiger partial charge in [-0.15, -0.1) is 0 Å². The number of hydrazine groups is 1. The van der Waals surface area contributed by atoms with Gasteiger partial charge in [0.1, 0.15) is 0 Å². The lowest BCUT2D eigenvalue weighted by atomic mass is 9.99. The van der Waals surface area contributed by atoms with Gasteiger partial charge < -0.3 is 0 Å². The van der Waals surface area contributed by atoms with E-state index in [1.165, 1.54) is 6.07 Å². The highest BCUT2D eigenvalue weighted by Gasteiger charge is 2.15. The number of hydrogen-bond acceptors (Lipinski definition) is 2. The summed E-state index contributed by atoms with van der Waals surface area (Å²) in [6, 6.07) is 8.86. The second-order valence-electron chi connectivity index (χ2n) is 4.34. The van der Waals surface area contributed by atoms with Crippen LogP contribution in [0.3, 0.4) is 0 Å². The first-order valence-electron chi connectivity index (χ1n) is 5.86. The molecule has 0 saturated heterocycles. The number of benzene rings is 2. The van der Waals surface area contributed by atoms with Gasteiger partial charge in [-0.3, -0.25) is 11.3 Å². The molecule has 0 heterocycles. The van der Waals surface area contributed by atoms with Crippen LogP contribution in [0.5, 0.6) is 0 Å². The molecule has 0 amide bonds. The summed E-state index contributed by atoms with van der Waals surface area (Å²) in [4.78, 5) is 0. The highest BCUT2D eigenvalue weighted by molar-refractivity contribution is 9.10. The van der Waals surface area contributed by atoms with Gasteiger partial charge in [-0.25, -0.2) is 8.78 Å². The molecule has 0 bridgehead atoms. The molecule has 0 saturated carbocycles. The smallest absolute Gasteiger partial charge is 0.159 e. The molecule has 0 radical (unpaired) electrons. The Morgan fingerprint density at radius 2 is 1.90 bits per heavy atom. The van der Waals surface area contributed by atoms with E-state index in [1.54, 1.807) is 12.1 Å². The van der Waals surface area contributed by atoms with Gasteiger partial charge in [-0.05, 0) is 47.9 Å². The van der Waals surface area contributed by atoms with Crippen molar-refractivity contribution in [1.82, 2.24) is 5.43 Å². The second kappa shape index (κ2) is 6.63. The standard InChI is InChI=1S/C14H12BrClF2N2/c15-11-3-2-9(16)7-10(11)14(20-19)6-8-1-4-12(17)13(18)5-8/h1-5,7,14,20H,6,19H2. The molecule has 1 atom stereocenters. The minimum Gasteiger partial charge on any atom is -0.271 e. The third-order valence-corrected chi connectivity index (χ3v) is 3.92. The van der Waals surface area contributed by atoms with Crippen molar-refractivity contribution < 1.29 is 8.78 Å². The SMILES string of the molecule is NNC(Cc1ccc(F)c(F)c1)c1cc(Cl)ccc1Br. The summed E-state index contributed by atoms with van der Waals surface area (Å²) < 4.78 is 27.0. The first-order valence-corrected chi connectivity index (χ1v) is 7.03. The van der Waals surface area contributed by atoms with Crippen molar-refractivity contribution in [2.75, 3.05) is 0 Å². The fraction of sp³-hybridized carbons (Fsp3) is 0.143. The van der Waals surface area contributed by atoms with Crippen molar-refractivity contribution in [3.8, 4) is 0 Å². The van der Waals surface area contributed by atoms with Gasteiger partial charge in [0, 0.05) is 9.50 Å². The Morgan fingerprint density at radius 3 is 2.55 bits per heavy atom. The van der Waals surface area contributed by atoms with Crippen LogP contribution in [-0.4, -0.2) is 0 Å². The summed E-state index contributed by atoms with van der Waals surface area (Å²) in [7, 11) is 0. The number of nitrogens with two attached hydrogens (primary N) is 1. The van der Waals surface area contributed by atoms with Gasteiger partial charge in [-0.2, -0.15) is 0 Å². The maximum Gasteiger partial charge on any atom is 0.159 e. The molecule has 2 nitrogen and oxygen atoms in total. The van der Waals surface area contributed by atoms with E-state index in [9.17, 15) is 8.78 Å². The molecule has 106 valence electrons. The molecule has 6 heteroatoms. The number of hydrogen-bond donors (Lipinski definition) is 2. The first kappa shape index (κ1) is 15.4. The zero-order chi connectivity index (χ0) is 14.7. The minimum absolute atomic E-state index is 0.270. The third kappa shape index (κ3) is 3.55. The quantitative estimate of drug-likeness (QED) is 0.635. The van der Waals surface area contributed by atoms with Gasteiger partial charge >= 0.3 is 0 Å². The first-order chi connectivity index (χ1) is 9.51. The molecule has 3 N–H and O–H groups in total. The fourth-order valence-electron chi connectivity index (χ4n) is 1.94. The highest BCUT2D eigenvalue weighted by atomic mass is 79.9. The van der Waals surface area contributed by atoms with Crippen LogP contribution in [0.25, 0.3) is 0 Å². The molecule has 0 aromatic heterocycles. The van der Waals surface area contributed by atoms with E-state index >= 15 is 0 Å². The van der Waals surface area contributed by atoms with E-state index in [0.29, 0.717) is 17.0 Å². The zero-order valence-electron chi connectivity index (χ0n) is 10.3. The molecule has 2 rings (SSSR count). The van der Waals surface area contributed by atoms with E-state index < -0.39 is 11.6 Å². The summed E-state index contributed by atoms with van der Waals surface area (Å²) in [5.41, 5.74) is 4.15. The molecule has 0 aliphatic rings. The van der Waals surface area contributed by atoms with Crippen LogP contribution in [0.4, 0.5) is 8.78 Å². The van der Waals surface area contributed by atoms with Crippen molar-refractivity contribution >= 4 is 27.5 Å². The van der Waals surface area contributed by atoms with E-state index in [2.05, 4.69) is 21.4 Å². The van der Waals surface area contributed by atoms with Crippen LogP contribution in [0.15, 0.2) is 40.9 Å². The Hall–Kier alpha value is -1.01. The average molecular weight is 362 g/mol. The lowest BCUT2D eigenvalue weighted by Gasteiger charge is -2.18. The predicted octanol–water partition coefficient (Wildman–Crippen LogP) is 4.13. The second-order valence-corrected chi connectivity index (χ2v) is 5.63. The molecule has 0 aliphatic heterocycles.